The second-order valence-electron chi connectivity index (χ2n) is 5.55. The number of nitrogens with zero attached hydrogens (tertiary/aromatic N) is 2. The van der Waals surface area contributed by atoms with E-state index in [2.05, 4.69) is 43.0 Å². The standard InChI is InChI=1S/C12H28N4O/c1-9(8-17-7)14-11(15-13)16(6)10(2)12(3,4)5/h9-10H,8,13H2,1-7H3,(H,14,15). The molecule has 0 saturated carbocycles. The molecule has 17 heavy (non-hydrogen) atoms. The average Bonchev–Trinajstić information content (AvgIpc) is 2.23. The van der Waals surface area contributed by atoms with Gasteiger partial charge in [-0.2, -0.15) is 0 Å². The van der Waals surface area contributed by atoms with Crippen molar-refractivity contribution < 1.29 is 4.74 Å². The Morgan fingerprint density at radius 2 is 1.94 bits per heavy atom. The van der Waals surface area contributed by atoms with Crippen LogP contribution in [0.3, 0.4) is 0 Å². The Bertz CT molecular complexity index is 247. The maximum atomic E-state index is 5.54. The van der Waals surface area contributed by atoms with Gasteiger partial charge in [0.1, 0.15) is 0 Å². The van der Waals surface area contributed by atoms with Gasteiger partial charge in [-0.15, -0.1) is 0 Å². The van der Waals surface area contributed by atoms with Gasteiger partial charge < -0.3 is 9.64 Å². The van der Waals surface area contributed by atoms with Crippen molar-refractivity contribution in [2.75, 3.05) is 20.8 Å². The normalized spacial score (nSPS) is 16.6. The molecule has 0 aliphatic carbocycles. The highest BCUT2D eigenvalue weighted by Crippen LogP contribution is 2.22. The zero-order chi connectivity index (χ0) is 13.6. The third-order valence-corrected chi connectivity index (χ3v) is 3.05. The smallest absolute Gasteiger partial charge is 0.208 e. The molecule has 0 rings (SSSR count). The third-order valence-electron chi connectivity index (χ3n) is 3.05. The number of guanidine groups is 1. The van der Waals surface area contributed by atoms with Crippen LogP contribution in [0.1, 0.15) is 34.6 Å². The molecule has 5 heteroatoms. The van der Waals surface area contributed by atoms with E-state index in [1.165, 1.54) is 0 Å². The van der Waals surface area contributed by atoms with Crippen molar-refractivity contribution >= 4 is 5.96 Å². The molecule has 0 aromatic carbocycles. The number of methoxy groups -OCH3 is 1. The van der Waals surface area contributed by atoms with Crippen LogP contribution in [0.4, 0.5) is 0 Å². The summed E-state index contributed by atoms with van der Waals surface area (Å²) in [5.41, 5.74) is 2.83. The van der Waals surface area contributed by atoms with E-state index in [0.717, 1.165) is 0 Å². The van der Waals surface area contributed by atoms with Gasteiger partial charge in [0.05, 0.1) is 12.6 Å². The van der Waals surface area contributed by atoms with Crippen LogP contribution in [0, 0.1) is 5.41 Å². The first kappa shape index (κ1) is 16.2. The summed E-state index contributed by atoms with van der Waals surface area (Å²) in [5.74, 6) is 6.23. The lowest BCUT2D eigenvalue weighted by molar-refractivity contribution is 0.181. The number of ether oxygens (including phenoxy) is 1. The number of aliphatic imine (C=N–C) groups is 1. The summed E-state index contributed by atoms with van der Waals surface area (Å²) in [6.07, 6.45) is 0. The summed E-state index contributed by atoms with van der Waals surface area (Å²) in [6.45, 7) is 11.3. The molecule has 0 spiro atoms. The topological polar surface area (TPSA) is 62.9 Å². The Hall–Kier alpha value is -0.810. The van der Waals surface area contributed by atoms with Crippen molar-refractivity contribution in [3.8, 4) is 0 Å². The third kappa shape index (κ3) is 5.37. The van der Waals surface area contributed by atoms with Crippen molar-refractivity contribution in [2.24, 2.45) is 16.3 Å². The Labute approximate surface area is 105 Å². The van der Waals surface area contributed by atoms with Crippen molar-refractivity contribution in [1.29, 1.82) is 0 Å². The number of hydrogen-bond donors (Lipinski definition) is 2. The van der Waals surface area contributed by atoms with Gasteiger partial charge in [0.2, 0.25) is 5.96 Å². The predicted molar refractivity (Wildman–Crippen MR) is 72.8 cm³/mol. The Morgan fingerprint density at radius 1 is 1.41 bits per heavy atom. The lowest BCUT2D eigenvalue weighted by Gasteiger charge is -2.37. The molecular formula is C12H28N4O. The van der Waals surface area contributed by atoms with Gasteiger partial charge in [0, 0.05) is 20.2 Å². The molecular weight excluding hydrogens is 216 g/mol. The fourth-order valence-corrected chi connectivity index (χ4v) is 1.48. The summed E-state index contributed by atoms with van der Waals surface area (Å²) < 4.78 is 5.06. The van der Waals surface area contributed by atoms with Crippen molar-refractivity contribution in [1.82, 2.24) is 10.3 Å². The second-order valence-corrected chi connectivity index (χ2v) is 5.55. The molecule has 0 radical (unpaired) electrons. The molecule has 3 N–H and O–H groups in total. The highest BCUT2D eigenvalue weighted by atomic mass is 16.5. The fraction of sp³-hybridized carbons (Fsp3) is 0.917. The highest BCUT2D eigenvalue weighted by molar-refractivity contribution is 5.79. The fourth-order valence-electron chi connectivity index (χ4n) is 1.48. The molecule has 0 aromatic rings. The minimum atomic E-state index is 0.0840. The van der Waals surface area contributed by atoms with Gasteiger partial charge in [0.15, 0.2) is 0 Å². The minimum Gasteiger partial charge on any atom is -0.382 e. The Balaban J connectivity index is 4.76. The zero-order valence-electron chi connectivity index (χ0n) is 12.2. The first-order valence-corrected chi connectivity index (χ1v) is 6.00. The van der Waals surface area contributed by atoms with Crippen LogP contribution in [-0.2, 0) is 4.74 Å². The van der Waals surface area contributed by atoms with Crippen LogP contribution in [0.5, 0.6) is 0 Å². The van der Waals surface area contributed by atoms with E-state index in [4.69, 9.17) is 10.6 Å². The first-order chi connectivity index (χ1) is 7.73. The molecule has 2 atom stereocenters. The summed E-state index contributed by atoms with van der Waals surface area (Å²) >= 11 is 0. The maximum Gasteiger partial charge on any atom is 0.208 e. The SMILES string of the molecule is COCC(C)N=C(NN)N(C)C(C)C(C)(C)C. The Kier molecular flexibility index (Phi) is 6.49. The van der Waals surface area contributed by atoms with Crippen LogP contribution >= 0.6 is 0 Å². The minimum absolute atomic E-state index is 0.0840. The van der Waals surface area contributed by atoms with Gasteiger partial charge in [-0.3, -0.25) is 5.43 Å². The number of nitrogens with two attached hydrogens (primary N) is 1. The second kappa shape index (κ2) is 6.81. The zero-order valence-corrected chi connectivity index (χ0v) is 12.2. The van der Waals surface area contributed by atoms with Crippen LogP contribution in [0.25, 0.3) is 0 Å². The summed E-state index contributed by atoms with van der Waals surface area (Å²) in [4.78, 5) is 6.56. The van der Waals surface area contributed by atoms with Gasteiger partial charge in [-0.05, 0) is 19.3 Å². The molecule has 0 aliphatic heterocycles. The molecule has 0 bridgehead atoms. The van der Waals surface area contributed by atoms with E-state index < -0.39 is 0 Å². The van der Waals surface area contributed by atoms with Gasteiger partial charge in [0.25, 0.3) is 0 Å². The maximum absolute atomic E-state index is 5.54. The molecule has 0 aromatic heterocycles. The van der Waals surface area contributed by atoms with Gasteiger partial charge in [-0.25, -0.2) is 10.8 Å². The molecule has 0 saturated heterocycles. The van der Waals surface area contributed by atoms with E-state index in [-0.39, 0.29) is 11.5 Å². The largest absolute Gasteiger partial charge is 0.382 e. The molecule has 102 valence electrons. The number of hydrazine groups is 1. The van der Waals surface area contributed by atoms with E-state index in [9.17, 15) is 0 Å². The predicted octanol–water partition coefficient (Wildman–Crippen LogP) is 1.21. The van der Waals surface area contributed by atoms with E-state index in [1.54, 1.807) is 7.11 Å². The number of nitrogens with one attached hydrogen (secondary N) is 1. The molecule has 0 amide bonds. The monoisotopic (exact) mass is 244 g/mol. The molecule has 0 aliphatic rings. The molecule has 5 nitrogen and oxygen atoms in total. The van der Waals surface area contributed by atoms with Crippen LogP contribution < -0.4 is 11.3 Å². The molecule has 0 fully saturated rings. The molecule has 0 heterocycles. The van der Waals surface area contributed by atoms with Gasteiger partial charge >= 0.3 is 0 Å². The quantitative estimate of drug-likeness (QED) is 0.338. The van der Waals surface area contributed by atoms with Crippen LogP contribution in [-0.4, -0.2) is 43.7 Å². The average molecular weight is 244 g/mol. The molecule has 2 unspecified atom stereocenters. The highest BCUT2D eigenvalue weighted by Gasteiger charge is 2.25. The first-order valence-electron chi connectivity index (χ1n) is 6.00. The van der Waals surface area contributed by atoms with E-state index in [0.29, 0.717) is 18.6 Å². The van der Waals surface area contributed by atoms with Gasteiger partial charge in [-0.1, -0.05) is 20.8 Å². The van der Waals surface area contributed by atoms with E-state index in [1.807, 2.05) is 14.0 Å². The summed E-state index contributed by atoms with van der Waals surface area (Å²) in [7, 11) is 3.66. The van der Waals surface area contributed by atoms with Crippen LogP contribution in [0.15, 0.2) is 4.99 Å². The number of rotatable bonds is 4. The van der Waals surface area contributed by atoms with Crippen molar-refractivity contribution in [2.45, 2.75) is 46.7 Å². The summed E-state index contributed by atoms with van der Waals surface area (Å²) in [6, 6.07) is 0.410. The van der Waals surface area contributed by atoms with Crippen molar-refractivity contribution in [3.05, 3.63) is 0 Å². The summed E-state index contributed by atoms with van der Waals surface area (Å²) in [5, 5.41) is 0. The number of hydrogen-bond acceptors (Lipinski definition) is 3. The van der Waals surface area contributed by atoms with Crippen molar-refractivity contribution in [3.63, 3.8) is 0 Å². The lowest BCUT2D eigenvalue weighted by Crippen LogP contribution is -2.51. The van der Waals surface area contributed by atoms with E-state index >= 15 is 0 Å². The Morgan fingerprint density at radius 3 is 2.29 bits per heavy atom. The van der Waals surface area contributed by atoms with Crippen LogP contribution in [0.2, 0.25) is 0 Å². The lowest BCUT2D eigenvalue weighted by atomic mass is 9.87.